The Morgan fingerprint density at radius 1 is 0.809 bits per heavy atom. The number of hydrogen-bond acceptors (Lipinski definition) is 2. The van der Waals surface area contributed by atoms with Gasteiger partial charge in [-0.2, -0.15) is 0 Å². The molecule has 8 rings (SSSR count). The molecule has 0 aromatic heterocycles. The maximum absolute atomic E-state index is 5.13. The molecule has 1 aliphatic heterocycles. The van der Waals surface area contributed by atoms with Crippen molar-refractivity contribution in [1.82, 2.24) is 4.90 Å². The van der Waals surface area contributed by atoms with Crippen molar-refractivity contribution in [2.24, 2.45) is 34.1 Å². The van der Waals surface area contributed by atoms with Gasteiger partial charge in [-0.1, -0.05) is 162 Å². The molecule has 0 N–H and O–H groups in total. The van der Waals surface area contributed by atoms with E-state index in [2.05, 4.69) is 167 Å². The van der Waals surface area contributed by atoms with Gasteiger partial charge in [0.15, 0.2) is 0 Å². The first-order chi connectivity index (χ1) is 22.9. The van der Waals surface area contributed by atoms with Crippen molar-refractivity contribution in [2.75, 3.05) is 0 Å². The van der Waals surface area contributed by atoms with Crippen LogP contribution in [0.1, 0.15) is 64.5 Å². The van der Waals surface area contributed by atoms with Gasteiger partial charge in [-0.25, -0.2) is 0 Å². The Balaban J connectivity index is 1.16. The number of rotatable bonds is 5. The van der Waals surface area contributed by atoms with Crippen LogP contribution in [0.5, 0.6) is 0 Å². The maximum atomic E-state index is 5.13. The number of aliphatic imine (C=N–C) groups is 1. The lowest BCUT2D eigenvalue weighted by Gasteiger charge is -2.48. The van der Waals surface area contributed by atoms with Crippen LogP contribution in [0, 0.1) is 29.1 Å². The molecule has 2 heteroatoms. The average molecular weight is 617 g/mol. The fraction of sp³-hybridized carbons (Fsp3) is 0.356. The fourth-order valence-electron chi connectivity index (χ4n) is 9.46. The monoisotopic (exact) mass is 616 g/mol. The molecule has 0 amide bonds. The third kappa shape index (κ3) is 4.95. The summed E-state index contributed by atoms with van der Waals surface area (Å²) in [6, 6.07) is 10.1. The van der Waals surface area contributed by atoms with Gasteiger partial charge in [0, 0.05) is 23.7 Å². The predicted octanol–water partition coefficient (Wildman–Crippen LogP) is 10.4. The number of benzene rings is 1. The lowest BCUT2D eigenvalue weighted by Crippen LogP contribution is -2.48. The zero-order valence-electron chi connectivity index (χ0n) is 28.6. The van der Waals surface area contributed by atoms with Crippen molar-refractivity contribution in [3.8, 4) is 0 Å². The van der Waals surface area contributed by atoms with Crippen molar-refractivity contribution in [2.45, 2.75) is 71.5 Å². The molecule has 0 bridgehead atoms. The smallest absolute Gasteiger partial charge is 0.101 e. The second-order valence-corrected chi connectivity index (χ2v) is 14.9. The van der Waals surface area contributed by atoms with E-state index in [1.54, 1.807) is 0 Å². The van der Waals surface area contributed by atoms with Crippen LogP contribution in [0.4, 0.5) is 0 Å². The molecule has 1 aromatic rings. The highest BCUT2D eigenvalue weighted by Gasteiger charge is 2.47. The molecule has 0 spiro atoms. The van der Waals surface area contributed by atoms with Gasteiger partial charge in [-0.15, -0.1) is 0 Å². The van der Waals surface area contributed by atoms with E-state index in [0.717, 1.165) is 12.8 Å². The minimum absolute atomic E-state index is 0.144. The van der Waals surface area contributed by atoms with Gasteiger partial charge in [-0.3, -0.25) is 4.99 Å². The average Bonchev–Trinajstić information content (AvgIpc) is 3.46. The Morgan fingerprint density at radius 2 is 1.64 bits per heavy atom. The molecular formula is C45H48N2. The van der Waals surface area contributed by atoms with Crippen LogP contribution >= 0.6 is 0 Å². The molecule has 1 heterocycles. The summed E-state index contributed by atoms with van der Waals surface area (Å²) >= 11 is 0. The molecule has 47 heavy (non-hydrogen) atoms. The third-order valence-corrected chi connectivity index (χ3v) is 11.7. The first-order valence-corrected chi connectivity index (χ1v) is 18.0. The van der Waals surface area contributed by atoms with Gasteiger partial charge < -0.3 is 4.90 Å². The third-order valence-electron chi connectivity index (χ3n) is 11.7. The van der Waals surface area contributed by atoms with Crippen molar-refractivity contribution in [3.63, 3.8) is 0 Å². The van der Waals surface area contributed by atoms with E-state index in [-0.39, 0.29) is 17.4 Å². The highest BCUT2D eigenvalue weighted by Crippen LogP contribution is 2.59. The Hall–Kier alpha value is -4.17. The number of allylic oxidation sites excluding steroid dienone is 18. The van der Waals surface area contributed by atoms with Gasteiger partial charge in [-0.05, 0) is 63.2 Å². The summed E-state index contributed by atoms with van der Waals surface area (Å²) in [4.78, 5) is 7.73. The first-order valence-electron chi connectivity index (χ1n) is 18.0. The quantitative estimate of drug-likeness (QED) is 0.321. The number of nitrogens with zero attached hydrogens (tertiary/aromatic N) is 2. The van der Waals surface area contributed by atoms with Gasteiger partial charge in [0.2, 0.25) is 0 Å². The van der Waals surface area contributed by atoms with Gasteiger partial charge in [0.05, 0.1) is 18.1 Å². The van der Waals surface area contributed by atoms with Crippen molar-refractivity contribution in [1.29, 1.82) is 0 Å². The molecule has 0 radical (unpaired) electrons. The highest BCUT2D eigenvalue weighted by molar-refractivity contribution is 5.86. The van der Waals surface area contributed by atoms with E-state index >= 15 is 0 Å². The Kier molecular flexibility index (Phi) is 7.59. The van der Waals surface area contributed by atoms with Crippen LogP contribution in [0.15, 0.2) is 155 Å². The van der Waals surface area contributed by atoms with Crippen molar-refractivity contribution >= 4 is 11.4 Å². The van der Waals surface area contributed by atoms with Crippen LogP contribution < -0.4 is 0 Å². The van der Waals surface area contributed by atoms with Gasteiger partial charge in [0.25, 0.3) is 0 Å². The van der Waals surface area contributed by atoms with Gasteiger partial charge in [0.1, 0.15) is 5.84 Å². The number of fused-ring (bicyclic) bond motifs is 3. The number of hydrogen-bond donors (Lipinski definition) is 0. The largest absolute Gasteiger partial charge is 0.344 e. The van der Waals surface area contributed by atoms with Crippen LogP contribution in [0.2, 0.25) is 0 Å². The molecule has 9 unspecified atom stereocenters. The summed E-state index contributed by atoms with van der Waals surface area (Å²) in [6.07, 6.45) is 42.5. The summed E-state index contributed by atoms with van der Waals surface area (Å²) in [5.74, 6) is 3.16. The Morgan fingerprint density at radius 3 is 2.45 bits per heavy atom. The molecule has 2 nitrogen and oxygen atoms in total. The summed E-state index contributed by atoms with van der Waals surface area (Å²) in [5, 5.41) is 0. The van der Waals surface area contributed by atoms with E-state index in [9.17, 15) is 0 Å². The molecule has 0 saturated carbocycles. The summed E-state index contributed by atoms with van der Waals surface area (Å²) < 4.78 is 0. The number of amidine groups is 1. The summed E-state index contributed by atoms with van der Waals surface area (Å²) in [7, 11) is 0. The maximum Gasteiger partial charge on any atom is 0.101 e. The minimum atomic E-state index is -0.144. The molecule has 0 saturated heterocycles. The van der Waals surface area contributed by atoms with Gasteiger partial charge >= 0.3 is 0 Å². The molecule has 7 aliphatic rings. The van der Waals surface area contributed by atoms with Crippen molar-refractivity contribution < 1.29 is 0 Å². The molecule has 6 aliphatic carbocycles. The molecule has 238 valence electrons. The first kappa shape index (κ1) is 30.2. The molecule has 0 fully saturated rings. The second kappa shape index (κ2) is 11.8. The SMILES string of the molecule is CCC1=NC2C=CC=CC2N1C1C=CC(C2c3ccccc3C(C3C=CC(C4=CC(C)CC=C4)=CC3C)=C3C=CC=CC32C)=CC1C. The van der Waals surface area contributed by atoms with Crippen LogP contribution in [-0.4, -0.2) is 28.9 Å². The topological polar surface area (TPSA) is 15.6 Å². The van der Waals surface area contributed by atoms with E-state index in [4.69, 9.17) is 4.99 Å². The van der Waals surface area contributed by atoms with Crippen molar-refractivity contribution in [3.05, 3.63) is 161 Å². The van der Waals surface area contributed by atoms with Crippen LogP contribution in [0.3, 0.4) is 0 Å². The van der Waals surface area contributed by atoms with E-state index in [0.29, 0.717) is 35.8 Å². The predicted molar refractivity (Wildman–Crippen MR) is 199 cm³/mol. The fourth-order valence-corrected chi connectivity index (χ4v) is 9.46. The highest BCUT2D eigenvalue weighted by atomic mass is 15.3. The van der Waals surface area contributed by atoms with E-state index in [1.807, 2.05) is 0 Å². The van der Waals surface area contributed by atoms with E-state index < -0.39 is 0 Å². The van der Waals surface area contributed by atoms with Crippen LogP contribution in [0.25, 0.3) is 5.57 Å². The standard InChI is InChI=1S/C45H48N2/c1-6-42-46-39-19-9-10-20-41(39)47(42)40-24-22-34(28-31(40)4)44-37-17-8-7-16-36(37)43(38-18-11-12-25-45(38,44)5)35-23-21-33(27-30(35)3)32-15-13-14-29(2)26-32/h7-13,15-31,35,39-41,44H,6,14H2,1-5H3. The van der Waals surface area contributed by atoms with E-state index in [1.165, 1.54) is 44.8 Å². The summed E-state index contributed by atoms with van der Waals surface area (Å²) in [6.45, 7) is 11.9. The normalized spacial score (nSPS) is 36.5. The zero-order valence-corrected chi connectivity index (χ0v) is 28.6. The summed E-state index contributed by atoms with van der Waals surface area (Å²) in [5.41, 5.74) is 9.87. The second-order valence-electron chi connectivity index (χ2n) is 14.9. The Labute approximate surface area is 282 Å². The minimum Gasteiger partial charge on any atom is -0.344 e. The Bertz CT molecular complexity index is 1840. The lowest BCUT2D eigenvalue weighted by molar-refractivity contribution is 0.272. The van der Waals surface area contributed by atoms with Crippen LogP contribution in [-0.2, 0) is 0 Å². The molecule has 1 aromatic carbocycles. The molecule has 9 atom stereocenters. The lowest BCUT2D eigenvalue weighted by atomic mass is 9.56. The molecular weight excluding hydrogens is 569 g/mol. The zero-order chi connectivity index (χ0) is 32.3.